The molecule has 94 valence electrons. The molecule has 0 heterocycles. The minimum Gasteiger partial charge on any atom is -0.760 e. The lowest BCUT2D eigenvalue weighted by atomic mass is 10.3. The lowest BCUT2D eigenvalue weighted by Gasteiger charge is -2.25. The number of carboxylic acid groups (broad SMARTS) is 1. The number of aliphatic hydroxyl groups excluding tert-OH is 1. The summed E-state index contributed by atoms with van der Waals surface area (Å²) in [7, 11) is 0. The summed E-state index contributed by atoms with van der Waals surface area (Å²) in [5.41, 5.74) is 0. The standard InChI is InChI=1S/C8H16N2O5S/c1-2-3-4-10(16(14)15)6-7(11)5-9-8(12)13/h2,7,9,11H,1,3-6H2,(H,12,13)(H,14,15)/p-1. The first-order chi connectivity index (χ1) is 7.47. The third kappa shape index (κ3) is 7.35. The molecule has 2 atom stereocenters. The van der Waals surface area contributed by atoms with Gasteiger partial charge in [0, 0.05) is 30.9 Å². The fraction of sp³-hybridized carbons (Fsp3) is 0.625. The van der Waals surface area contributed by atoms with Crippen LogP contribution in [0.15, 0.2) is 12.7 Å². The third-order valence-electron chi connectivity index (χ3n) is 1.70. The molecule has 0 aliphatic rings. The van der Waals surface area contributed by atoms with Gasteiger partial charge in [-0.2, -0.15) is 0 Å². The summed E-state index contributed by atoms with van der Waals surface area (Å²) in [5, 5.41) is 19.6. The van der Waals surface area contributed by atoms with Gasteiger partial charge in [-0.1, -0.05) is 6.08 Å². The highest BCUT2D eigenvalue weighted by atomic mass is 32.2. The smallest absolute Gasteiger partial charge is 0.404 e. The van der Waals surface area contributed by atoms with E-state index in [0.29, 0.717) is 6.42 Å². The van der Waals surface area contributed by atoms with Crippen LogP contribution in [0, 0.1) is 0 Å². The van der Waals surface area contributed by atoms with Crippen LogP contribution in [0.2, 0.25) is 0 Å². The molecule has 0 aliphatic heterocycles. The normalized spacial score (nSPS) is 14.4. The van der Waals surface area contributed by atoms with Gasteiger partial charge in [0.15, 0.2) is 0 Å². The Morgan fingerprint density at radius 2 is 2.31 bits per heavy atom. The summed E-state index contributed by atoms with van der Waals surface area (Å²) in [6.07, 6.45) is -0.312. The highest BCUT2D eigenvalue weighted by Crippen LogP contribution is 1.98. The number of hydrogen-bond donors (Lipinski definition) is 3. The van der Waals surface area contributed by atoms with Crippen molar-refractivity contribution in [2.45, 2.75) is 12.5 Å². The summed E-state index contributed by atoms with van der Waals surface area (Å²) in [6.45, 7) is 3.30. The van der Waals surface area contributed by atoms with Crippen molar-refractivity contribution in [3.63, 3.8) is 0 Å². The van der Waals surface area contributed by atoms with E-state index >= 15 is 0 Å². The summed E-state index contributed by atoms with van der Waals surface area (Å²) >= 11 is -2.44. The quantitative estimate of drug-likeness (QED) is 0.389. The Hall–Kier alpha value is -0.960. The minimum absolute atomic E-state index is 0.149. The van der Waals surface area contributed by atoms with Crippen molar-refractivity contribution in [1.82, 2.24) is 9.62 Å². The average Bonchev–Trinajstić information content (AvgIpc) is 2.20. The van der Waals surface area contributed by atoms with E-state index in [0.717, 1.165) is 4.31 Å². The second-order valence-corrected chi connectivity index (χ2v) is 3.97. The monoisotopic (exact) mass is 251 g/mol. The fourth-order valence-corrected chi connectivity index (χ4v) is 1.51. The van der Waals surface area contributed by atoms with Crippen molar-refractivity contribution in [1.29, 1.82) is 0 Å². The number of rotatable bonds is 8. The molecule has 8 heteroatoms. The summed E-state index contributed by atoms with van der Waals surface area (Å²) < 4.78 is 22.5. The fourth-order valence-electron chi connectivity index (χ4n) is 0.967. The van der Waals surface area contributed by atoms with E-state index in [4.69, 9.17) is 5.11 Å². The van der Waals surface area contributed by atoms with Crippen molar-refractivity contribution in [2.24, 2.45) is 0 Å². The Labute approximate surface area is 96.2 Å². The molecule has 0 fully saturated rings. The maximum absolute atomic E-state index is 10.7. The number of aliphatic hydroxyl groups is 1. The topological polar surface area (TPSA) is 113 Å². The molecule has 7 nitrogen and oxygen atoms in total. The van der Waals surface area contributed by atoms with Crippen molar-refractivity contribution in [3.05, 3.63) is 12.7 Å². The van der Waals surface area contributed by atoms with Crippen LogP contribution in [0.25, 0.3) is 0 Å². The van der Waals surface area contributed by atoms with Crippen LogP contribution in [0.5, 0.6) is 0 Å². The van der Waals surface area contributed by atoms with Crippen LogP contribution >= 0.6 is 0 Å². The molecule has 0 saturated carbocycles. The van der Waals surface area contributed by atoms with Gasteiger partial charge in [0.05, 0.1) is 6.10 Å². The maximum Gasteiger partial charge on any atom is 0.404 e. The molecular weight excluding hydrogens is 236 g/mol. The highest BCUT2D eigenvalue weighted by Gasteiger charge is 2.12. The molecule has 1 amide bonds. The zero-order valence-corrected chi connectivity index (χ0v) is 9.48. The predicted octanol–water partition coefficient (Wildman–Crippen LogP) is -0.713. The van der Waals surface area contributed by atoms with Gasteiger partial charge in [0.2, 0.25) is 0 Å². The summed E-state index contributed by atoms with van der Waals surface area (Å²) in [5.74, 6) is 0. The molecule has 16 heavy (non-hydrogen) atoms. The number of carbonyl (C=O) groups is 1. The first-order valence-corrected chi connectivity index (χ1v) is 5.60. The van der Waals surface area contributed by atoms with E-state index in [1.165, 1.54) is 0 Å². The van der Waals surface area contributed by atoms with Crippen LogP contribution in [0.4, 0.5) is 4.79 Å². The van der Waals surface area contributed by atoms with Crippen molar-refractivity contribution < 1.29 is 23.8 Å². The molecular formula is C8H15N2O5S-. The molecule has 0 rings (SSSR count). The van der Waals surface area contributed by atoms with Gasteiger partial charge in [0.1, 0.15) is 0 Å². The van der Waals surface area contributed by atoms with Gasteiger partial charge in [0.25, 0.3) is 0 Å². The van der Waals surface area contributed by atoms with Gasteiger partial charge in [-0.3, -0.25) is 4.21 Å². The third-order valence-corrected chi connectivity index (χ3v) is 2.45. The Kier molecular flexibility index (Phi) is 7.73. The molecule has 2 unspecified atom stereocenters. The van der Waals surface area contributed by atoms with Gasteiger partial charge < -0.3 is 20.1 Å². The Balaban J connectivity index is 4.01. The van der Waals surface area contributed by atoms with E-state index in [2.05, 4.69) is 6.58 Å². The molecule has 3 N–H and O–H groups in total. The number of hydrogen-bond acceptors (Lipinski definition) is 4. The summed E-state index contributed by atoms with van der Waals surface area (Å²) in [4.78, 5) is 10.1. The van der Waals surface area contributed by atoms with E-state index in [-0.39, 0.29) is 19.6 Å². The second kappa shape index (κ2) is 8.22. The van der Waals surface area contributed by atoms with Gasteiger partial charge in [-0.05, 0) is 6.42 Å². The SMILES string of the molecule is C=CCCN(CC(O)CNC(=O)O)S(=O)[O-]. The van der Waals surface area contributed by atoms with Gasteiger partial charge in [-0.25, -0.2) is 9.10 Å². The Morgan fingerprint density at radius 3 is 2.75 bits per heavy atom. The lowest BCUT2D eigenvalue weighted by Crippen LogP contribution is -2.40. The number of nitrogens with zero attached hydrogens (tertiary/aromatic N) is 1. The second-order valence-electron chi connectivity index (χ2n) is 3.02. The molecule has 0 radical (unpaired) electrons. The lowest BCUT2D eigenvalue weighted by molar-refractivity contribution is 0.136. The van der Waals surface area contributed by atoms with Gasteiger partial charge in [-0.15, -0.1) is 6.58 Å². The van der Waals surface area contributed by atoms with Crippen LogP contribution in [0.1, 0.15) is 6.42 Å². The van der Waals surface area contributed by atoms with E-state index in [1.54, 1.807) is 6.08 Å². The number of amides is 1. The Bertz CT molecular complexity index is 261. The van der Waals surface area contributed by atoms with Gasteiger partial charge >= 0.3 is 6.09 Å². The molecule has 0 aromatic rings. The first kappa shape index (κ1) is 15.0. The number of nitrogens with one attached hydrogen (secondary N) is 1. The highest BCUT2D eigenvalue weighted by molar-refractivity contribution is 7.76. The van der Waals surface area contributed by atoms with Crippen molar-refractivity contribution >= 4 is 17.4 Å². The molecule has 0 aliphatic carbocycles. The van der Waals surface area contributed by atoms with E-state index in [1.807, 2.05) is 5.32 Å². The van der Waals surface area contributed by atoms with Crippen molar-refractivity contribution in [2.75, 3.05) is 19.6 Å². The molecule has 0 aromatic heterocycles. The van der Waals surface area contributed by atoms with E-state index < -0.39 is 23.5 Å². The largest absolute Gasteiger partial charge is 0.760 e. The predicted molar refractivity (Wildman–Crippen MR) is 57.3 cm³/mol. The first-order valence-electron chi connectivity index (χ1n) is 4.57. The van der Waals surface area contributed by atoms with E-state index in [9.17, 15) is 18.7 Å². The molecule has 0 saturated heterocycles. The zero-order chi connectivity index (χ0) is 12.6. The summed E-state index contributed by atoms with van der Waals surface area (Å²) in [6, 6.07) is 0. The van der Waals surface area contributed by atoms with Crippen LogP contribution in [0.3, 0.4) is 0 Å². The van der Waals surface area contributed by atoms with Crippen LogP contribution in [-0.4, -0.2) is 55.1 Å². The molecule has 0 spiro atoms. The minimum atomic E-state index is -2.44. The molecule has 0 bridgehead atoms. The maximum atomic E-state index is 10.7. The van der Waals surface area contributed by atoms with Crippen molar-refractivity contribution in [3.8, 4) is 0 Å². The van der Waals surface area contributed by atoms with Crippen LogP contribution < -0.4 is 5.32 Å². The zero-order valence-electron chi connectivity index (χ0n) is 8.66. The average molecular weight is 251 g/mol. The van der Waals surface area contributed by atoms with Crippen LogP contribution in [-0.2, 0) is 11.3 Å². The molecule has 0 aromatic carbocycles. The Morgan fingerprint density at radius 1 is 1.69 bits per heavy atom.